The Labute approximate surface area is 120 Å². The molecule has 2 aromatic rings. The van der Waals surface area contributed by atoms with Crippen LogP contribution in [0.2, 0.25) is 0 Å². The number of carbonyl (C=O) groups excluding carboxylic acids is 2. The Hall–Kier alpha value is -2.57. The minimum absolute atomic E-state index is 0.157. The quantitative estimate of drug-likeness (QED) is 0.842. The molecular weight excluding hydrogens is 274 g/mol. The highest BCUT2D eigenvalue weighted by molar-refractivity contribution is 5.97. The molecule has 7 nitrogen and oxygen atoms in total. The maximum atomic E-state index is 11.9. The van der Waals surface area contributed by atoms with E-state index in [-0.39, 0.29) is 5.69 Å². The standard InChI is InChI=1S/C14H15N3O4/c18-12(10-5-6-20-7-10)16-17-13(19)11-8-21-14(15-11)9-3-1-2-4-9/h5-9H,1-4H2,(H,16,18)(H,17,19). The number of carbonyl (C=O) groups is 2. The van der Waals surface area contributed by atoms with Gasteiger partial charge in [0.25, 0.3) is 11.8 Å². The van der Waals surface area contributed by atoms with E-state index in [4.69, 9.17) is 8.83 Å². The van der Waals surface area contributed by atoms with Gasteiger partial charge < -0.3 is 8.83 Å². The van der Waals surface area contributed by atoms with Crippen LogP contribution in [0.5, 0.6) is 0 Å². The molecule has 0 atom stereocenters. The number of amides is 2. The normalized spacial score (nSPS) is 15.0. The summed E-state index contributed by atoms with van der Waals surface area (Å²) in [7, 11) is 0. The molecule has 2 heterocycles. The first kappa shape index (κ1) is 13.4. The zero-order valence-corrected chi connectivity index (χ0v) is 11.3. The number of hydrazine groups is 1. The van der Waals surface area contributed by atoms with Gasteiger partial charge in [-0.05, 0) is 18.9 Å². The fourth-order valence-corrected chi connectivity index (χ4v) is 2.40. The second-order valence-electron chi connectivity index (χ2n) is 4.97. The molecule has 0 aromatic carbocycles. The molecule has 0 aliphatic heterocycles. The third kappa shape index (κ3) is 2.96. The van der Waals surface area contributed by atoms with Gasteiger partial charge in [0.15, 0.2) is 11.6 Å². The Morgan fingerprint density at radius 1 is 1.14 bits per heavy atom. The third-order valence-corrected chi connectivity index (χ3v) is 3.53. The van der Waals surface area contributed by atoms with Gasteiger partial charge in [0.05, 0.1) is 11.8 Å². The Balaban J connectivity index is 1.57. The van der Waals surface area contributed by atoms with E-state index in [1.807, 2.05) is 0 Å². The van der Waals surface area contributed by atoms with Crippen molar-refractivity contribution in [2.75, 3.05) is 0 Å². The lowest BCUT2D eigenvalue weighted by molar-refractivity contribution is 0.0843. The smallest absolute Gasteiger partial charge is 0.291 e. The SMILES string of the molecule is O=C(NNC(=O)c1coc(C2CCCC2)n1)c1ccoc1. The Morgan fingerprint density at radius 2 is 1.90 bits per heavy atom. The van der Waals surface area contributed by atoms with Crippen LogP contribution in [-0.2, 0) is 0 Å². The number of nitrogens with one attached hydrogen (secondary N) is 2. The lowest BCUT2D eigenvalue weighted by Crippen LogP contribution is -2.41. The highest BCUT2D eigenvalue weighted by atomic mass is 16.3. The maximum Gasteiger partial charge on any atom is 0.291 e. The monoisotopic (exact) mass is 289 g/mol. The number of rotatable bonds is 3. The summed E-state index contributed by atoms with van der Waals surface area (Å²) >= 11 is 0. The molecule has 1 saturated carbocycles. The fraction of sp³-hybridized carbons (Fsp3) is 0.357. The van der Waals surface area contributed by atoms with Crippen molar-refractivity contribution in [3.8, 4) is 0 Å². The van der Waals surface area contributed by atoms with Crippen molar-refractivity contribution in [2.45, 2.75) is 31.6 Å². The van der Waals surface area contributed by atoms with Crippen LogP contribution in [0.15, 0.2) is 33.7 Å². The topological polar surface area (TPSA) is 97.4 Å². The molecule has 0 spiro atoms. The first-order valence-electron chi connectivity index (χ1n) is 6.82. The molecule has 1 aliphatic carbocycles. The van der Waals surface area contributed by atoms with Gasteiger partial charge in [-0.3, -0.25) is 20.4 Å². The van der Waals surface area contributed by atoms with Gasteiger partial charge in [0, 0.05) is 5.92 Å². The molecule has 1 aliphatic rings. The van der Waals surface area contributed by atoms with Crippen LogP contribution in [0.3, 0.4) is 0 Å². The van der Waals surface area contributed by atoms with Crippen molar-refractivity contribution in [2.24, 2.45) is 0 Å². The number of hydrogen-bond donors (Lipinski definition) is 2. The van der Waals surface area contributed by atoms with Crippen molar-refractivity contribution in [1.29, 1.82) is 0 Å². The van der Waals surface area contributed by atoms with Crippen LogP contribution >= 0.6 is 0 Å². The highest BCUT2D eigenvalue weighted by Gasteiger charge is 2.23. The van der Waals surface area contributed by atoms with Crippen LogP contribution in [0, 0.1) is 0 Å². The second kappa shape index (κ2) is 5.82. The second-order valence-corrected chi connectivity index (χ2v) is 4.97. The first-order valence-corrected chi connectivity index (χ1v) is 6.82. The molecule has 7 heteroatoms. The predicted molar refractivity (Wildman–Crippen MR) is 71.4 cm³/mol. The largest absolute Gasteiger partial charge is 0.472 e. The molecule has 3 rings (SSSR count). The number of furan rings is 1. The van der Waals surface area contributed by atoms with Crippen molar-refractivity contribution in [3.63, 3.8) is 0 Å². The van der Waals surface area contributed by atoms with E-state index in [1.54, 1.807) is 0 Å². The minimum Gasteiger partial charge on any atom is -0.472 e. The van der Waals surface area contributed by atoms with E-state index >= 15 is 0 Å². The van der Waals surface area contributed by atoms with Gasteiger partial charge in [-0.1, -0.05) is 12.8 Å². The van der Waals surface area contributed by atoms with Crippen LogP contribution < -0.4 is 10.9 Å². The summed E-state index contributed by atoms with van der Waals surface area (Å²) in [5.41, 5.74) is 5.05. The van der Waals surface area contributed by atoms with Gasteiger partial charge in [-0.2, -0.15) is 0 Å². The van der Waals surface area contributed by atoms with Crippen LogP contribution in [0.4, 0.5) is 0 Å². The number of hydrogen-bond acceptors (Lipinski definition) is 5. The minimum atomic E-state index is -0.514. The van der Waals surface area contributed by atoms with E-state index in [9.17, 15) is 9.59 Å². The van der Waals surface area contributed by atoms with E-state index in [1.165, 1.54) is 24.9 Å². The average Bonchev–Trinajstić information content (AvgIpc) is 3.25. The zero-order valence-electron chi connectivity index (χ0n) is 11.3. The first-order chi connectivity index (χ1) is 10.2. The number of oxazole rings is 1. The molecule has 0 saturated heterocycles. The summed E-state index contributed by atoms with van der Waals surface area (Å²) in [6.45, 7) is 0. The molecule has 0 radical (unpaired) electrons. The predicted octanol–water partition coefficient (Wildman–Crippen LogP) is 2.00. The summed E-state index contributed by atoms with van der Waals surface area (Å²) in [4.78, 5) is 27.7. The fourth-order valence-electron chi connectivity index (χ4n) is 2.40. The molecule has 2 amide bonds. The summed E-state index contributed by atoms with van der Waals surface area (Å²) < 4.78 is 10.1. The maximum absolute atomic E-state index is 11.9. The van der Waals surface area contributed by atoms with E-state index in [0.29, 0.717) is 17.4 Å². The summed E-state index contributed by atoms with van der Waals surface area (Å²) in [6.07, 6.45) is 8.38. The summed E-state index contributed by atoms with van der Waals surface area (Å²) in [5, 5.41) is 0. The van der Waals surface area contributed by atoms with Gasteiger partial charge in [-0.25, -0.2) is 4.98 Å². The van der Waals surface area contributed by atoms with E-state index in [2.05, 4.69) is 15.8 Å². The number of nitrogens with zero attached hydrogens (tertiary/aromatic N) is 1. The van der Waals surface area contributed by atoms with Gasteiger partial charge in [-0.15, -0.1) is 0 Å². The molecule has 2 N–H and O–H groups in total. The Morgan fingerprint density at radius 3 is 2.62 bits per heavy atom. The number of aromatic nitrogens is 1. The molecule has 21 heavy (non-hydrogen) atoms. The van der Waals surface area contributed by atoms with Crippen molar-refractivity contribution >= 4 is 11.8 Å². The van der Waals surface area contributed by atoms with Gasteiger partial charge >= 0.3 is 0 Å². The van der Waals surface area contributed by atoms with Gasteiger partial charge in [0.2, 0.25) is 0 Å². The van der Waals surface area contributed by atoms with Crippen LogP contribution in [0.1, 0.15) is 58.3 Å². The highest BCUT2D eigenvalue weighted by Crippen LogP contribution is 2.33. The lowest BCUT2D eigenvalue weighted by atomic mass is 10.1. The molecule has 0 unspecified atom stereocenters. The third-order valence-electron chi connectivity index (χ3n) is 3.53. The van der Waals surface area contributed by atoms with E-state index in [0.717, 1.165) is 25.7 Å². The average molecular weight is 289 g/mol. The summed E-state index contributed by atoms with van der Waals surface area (Å²) in [5.74, 6) is -0.0812. The summed E-state index contributed by atoms with van der Waals surface area (Å²) in [6, 6.07) is 1.50. The molecule has 1 fully saturated rings. The molecule has 110 valence electrons. The van der Waals surface area contributed by atoms with Crippen LogP contribution in [0.25, 0.3) is 0 Å². The zero-order chi connectivity index (χ0) is 14.7. The van der Waals surface area contributed by atoms with Crippen LogP contribution in [-0.4, -0.2) is 16.8 Å². The van der Waals surface area contributed by atoms with Crippen molar-refractivity contribution < 1.29 is 18.4 Å². The molecule has 2 aromatic heterocycles. The molecular formula is C14H15N3O4. The Bertz CT molecular complexity index is 626. The van der Waals surface area contributed by atoms with E-state index < -0.39 is 11.8 Å². The Kier molecular flexibility index (Phi) is 3.72. The van der Waals surface area contributed by atoms with Gasteiger partial charge in [0.1, 0.15) is 12.5 Å². The van der Waals surface area contributed by atoms with Crippen molar-refractivity contribution in [1.82, 2.24) is 15.8 Å². The molecule has 0 bridgehead atoms. The van der Waals surface area contributed by atoms with Crippen molar-refractivity contribution in [3.05, 3.63) is 42.0 Å². The lowest BCUT2D eigenvalue weighted by Gasteiger charge is -2.03.